The molecule has 0 aliphatic carbocycles. The van der Waals surface area contributed by atoms with Crippen LogP contribution >= 0.6 is 0 Å². The van der Waals surface area contributed by atoms with Crippen molar-refractivity contribution in [3.8, 4) is 0 Å². The van der Waals surface area contributed by atoms with Crippen LogP contribution in [0.15, 0.2) is 91.0 Å². The Hall–Kier alpha value is -2.38. The molecule has 22 heavy (non-hydrogen) atoms. The van der Waals surface area contributed by atoms with E-state index in [-0.39, 0.29) is 5.92 Å². The number of rotatable bonds is 6. The molecule has 0 saturated heterocycles. The summed E-state index contributed by atoms with van der Waals surface area (Å²) in [5.41, 5.74) is 3.75. The maximum atomic E-state index is 3.45. The minimum absolute atomic E-state index is 0.131. The van der Waals surface area contributed by atoms with Gasteiger partial charge in [0.15, 0.2) is 0 Å². The predicted molar refractivity (Wildman–Crippen MR) is 91.3 cm³/mol. The van der Waals surface area contributed by atoms with Gasteiger partial charge >= 0.3 is 0 Å². The number of nitrogens with one attached hydrogen (secondary N) is 1. The molecule has 1 heteroatoms. The van der Waals surface area contributed by atoms with Crippen LogP contribution in [-0.2, 0) is 6.54 Å². The van der Waals surface area contributed by atoms with Crippen molar-refractivity contribution in [3.63, 3.8) is 0 Å². The summed E-state index contributed by atoms with van der Waals surface area (Å²) in [6.45, 7) is 4.24. The van der Waals surface area contributed by atoms with Crippen molar-refractivity contribution >= 4 is 0 Å². The molecule has 0 saturated carbocycles. The van der Waals surface area contributed by atoms with Crippen molar-refractivity contribution < 1.29 is 0 Å². The highest BCUT2D eigenvalue weighted by molar-refractivity contribution is 5.35. The topological polar surface area (TPSA) is 12.0 Å². The largest absolute Gasteiger partial charge is 0.303 e. The van der Waals surface area contributed by atoms with Crippen molar-refractivity contribution in [1.29, 1.82) is 0 Å². The Bertz CT molecular complexity index is 623. The third-order valence-corrected chi connectivity index (χ3v) is 3.65. The molecule has 0 fully saturated rings. The van der Waals surface area contributed by atoms with Gasteiger partial charge in [0.05, 0.1) is 6.54 Å². The molecule has 0 aliphatic heterocycles. The van der Waals surface area contributed by atoms with Gasteiger partial charge in [-0.05, 0) is 16.7 Å². The lowest BCUT2D eigenvalue weighted by molar-refractivity contribution is 0.727. The van der Waals surface area contributed by atoms with E-state index in [2.05, 4.69) is 84.7 Å². The molecule has 0 spiro atoms. The van der Waals surface area contributed by atoms with Gasteiger partial charge in [-0.1, -0.05) is 91.0 Å². The van der Waals surface area contributed by atoms with Gasteiger partial charge in [0.25, 0.3) is 0 Å². The van der Waals surface area contributed by atoms with E-state index in [4.69, 9.17) is 0 Å². The Morgan fingerprint density at radius 2 is 1.09 bits per heavy atom. The second kappa shape index (κ2) is 7.58. The number of benzene rings is 3. The molecule has 0 aliphatic rings. The van der Waals surface area contributed by atoms with Gasteiger partial charge in [0, 0.05) is 12.5 Å². The van der Waals surface area contributed by atoms with Gasteiger partial charge in [0.1, 0.15) is 0 Å². The van der Waals surface area contributed by atoms with Gasteiger partial charge in [-0.25, -0.2) is 0 Å². The van der Waals surface area contributed by atoms with Gasteiger partial charge in [-0.2, -0.15) is 0 Å². The highest BCUT2D eigenvalue weighted by Crippen LogP contribution is 2.26. The van der Waals surface area contributed by atoms with Gasteiger partial charge in [-0.3, -0.25) is 0 Å². The van der Waals surface area contributed by atoms with E-state index in [1.807, 2.05) is 18.2 Å². The summed E-state index contributed by atoms with van der Waals surface area (Å²) in [5.74, 6) is 0.131. The number of hydrogen-bond acceptors (Lipinski definition) is 1. The maximum absolute atomic E-state index is 3.45. The SMILES string of the molecule is [C](NCc1ccccc1)C(c1ccccc1)c1ccccc1. The van der Waals surface area contributed by atoms with E-state index in [1.54, 1.807) is 0 Å². The summed E-state index contributed by atoms with van der Waals surface area (Å²) < 4.78 is 0. The van der Waals surface area contributed by atoms with E-state index in [0.717, 1.165) is 6.54 Å². The third-order valence-electron chi connectivity index (χ3n) is 3.65. The van der Waals surface area contributed by atoms with Crippen LogP contribution in [0.3, 0.4) is 0 Å². The lowest BCUT2D eigenvalue weighted by Gasteiger charge is -2.17. The molecule has 0 bridgehead atoms. The molecule has 0 aromatic heterocycles. The first-order chi connectivity index (χ1) is 10.9. The summed E-state index contributed by atoms with van der Waals surface area (Å²) in [4.78, 5) is 0. The molecular weight excluding hydrogens is 266 g/mol. The first-order valence-corrected chi connectivity index (χ1v) is 7.56. The Morgan fingerprint density at radius 3 is 1.59 bits per heavy atom. The van der Waals surface area contributed by atoms with Gasteiger partial charge < -0.3 is 5.32 Å². The quantitative estimate of drug-likeness (QED) is 0.650. The van der Waals surface area contributed by atoms with Crippen LogP contribution in [0, 0.1) is 6.54 Å². The second-order valence-electron chi connectivity index (χ2n) is 5.24. The Labute approximate surface area is 132 Å². The van der Waals surface area contributed by atoms with Crippen LogP contribution in [0.25, 0.3) is 0 Å². The monoisotopic (exact) mass is 285 g/mol. The predicted octanol–water partition coefficient (Wildman–Crippen LogP) is 4.65. The lowest BCUT2D eigenvalue weighted by Crippen LogP contribution is -2.16. The van der Waals surface area contributed by atoms with E-state index < -0.39 is 0 Å². The normalized spacial score (nSPS) is 10.8. The molecule has 0 unspecified atom stereocenters. The molecule has 0 atom stereocenters. The molecule has 3 rings (SSSR count). The highest BCUT2D eigenvalue weighted by atomic mass is 14.9. The molecule has 108 valence electrons. The average Bonchev–Trinajstić information content (AvgIpc) is 2.61. The van der Waals surface area contributed by atoms with Crippen molar-refractivity contribution in [2.24, 2.45) is 0 Å². The van der Waals surface area contributed by atoms with Crippen LogP contribution in [0.5, 0.6) is 0 Å². The third kappa shape index (κ3) is 3.84. The molecule has 1 N–H and O–H groups in total. The van der Waals surface area contributed by atoms with Crippen LogP contribution < -0.4 is 5.32 Å². The van der Waals surface area contributed by atoms with Gasteiger partial charge in [0.2, 0.25) is 0 Å². The van der Waals surface area contributed by atoms with Crippen LogP contribution in [0.4, 0.5) is 0 Å². The smallest absolute Gasteiger partial charge is 0.0718 e. The zero-order valence-corrected chi connectivity index (χ0v) is 12.4. The van der Waals surface area contributed by atoms with Crippen molar-refractivity contribution in [1.82, 2.24) is 5.32 Å². The standard InChI is InChI=1S/C21H19N/c1-4-10-18(11-5-1)16-22-17-21(19-12-6-2-7-13-19)20-14-8-3-9-15-20/h1-15,21-22H,16H2. The zero-order valence-electron chi connectivity index (χ0n) is 12.4. The first-order valence-electron chi connectivity index (χ1n) is 7.56. The summed E-state index contributed by atoms with van der Waals surface area (Å²) in [6, 6.07) is 31.4. The second-order valence-corrected chi connectivity index (χ2v) is 5.24. The Morgan fingerprint density at radius 1 is 0.636 bits per heavy atom. The maximum Gasteiger partial charge on any atom is 0.0718 e. The van der Waals surface area contributed by atoms with E-state index in [1.165, 1.54) is 16.7 Å². The summed E-state index contributed by atoms with van der Waals surface area (Å²) in [5, 5.41) is 3.35. The minimum atomic E-state index is 0.131. The van der Waals surface area contributed by atoms with Crippen LogP contribution in [0.1, 0.15) is 22.6 Å². The van der Waals surface area contributed by atoms with Crippen LogP contribution in [0.2, 0.25) is 0 Å². The molecule has 3 aromatic carbocycles. The van der Waals surface area contributed by atoms with E-state index in [9.17, 15) is 0 Å². The first kappa shape index (κ1) is 14.6. The van der Waals surface area contributed by atoms with Crippen LogP contribution in [-0.4, -0.2) is 0 Å². The molecule has 1 nitrogen and oxygen atoms in total. The van der Waals surface area contributed by atoms with E-state index >= 15 is 0 Å². The lowest BCUT2D eigenvalue weighted by atomic mass is 9.91. The molecular formula is C21H19N. The fraction of sp³-hybridized carbons (Fsp3) is 0.0952. The zero-order chi connectivity index (χ0) is 15.0. The van der Waals surface area contributed by atoms with Crippen molar-refractivity contribution in [2.45, 2.75) is 12.5 Å². The van der Waals surface area contributed by atoms with E-state index in [0.29, 0.717) is 0 Å². The molecule has 3 aromatic rings. The van der Waals surface area contributed by atoms with Crippen molar-refractivity contribution in [2.75, 3.05) is 0 Å². The van der Waals surface area contributed by atoms with Gasteiger partial charge in [-0.15, -0.1) is 0 Å². The fourth-order valence-corrected chi connectivity index (χ4v) is 2.50. The fourth-order valence-electron chi connectivity index (χ4n) is 2.50. The Balaban J connectivity index is 1.72. The number of hydrogen-bond donors (Lipinski definition) is 1. The van der Waals surface area contributed by atoms with Crippen molar-refractivity contribution in [3.05, 3.63) is 114 Å². The molecule has 0 amide bonds. The molecule has 2 radical (unpaired) electrons. The summed E-state index contributed by atoms with van der Waals surface area (Å²) in [6.07, 6.45) is 0. The summed E-state index contributed by atoms with van der Waals surface area (Å²) in [7, 11) is 0. The highest BCUT2D eigenvalue weighted by Gasteiger charge is 2.14. The molecule has 0 heterocycles. The summed E-state index contributed by atoms with van der Waals surface area (Å²) >= 11 is 0. The Kier molecular flexibility index (Phi) is 5.01. The minimum Gasteiger partial charge on any atom is -0.303 e. The average molecular weight is 285 g/mol.